The monoisotopic (exact) mass is 864 g/mol. The van der Waals surface area contributed by atoms with E-state index in [-0.39, 0.29) is 56.5 Å². The highest BCUT2D eigenvalue weighted by molar-refractivity contribution is 7.44. The molecule has 1 saturated heterocycles. The molecule has 5 aromatic rings. The van der Waals surface area contributed by atoms with E-state index in [0.717, 1.165) is 16.7 Å². The van der Waals surface area contributed by atoms with Gasteiger partial charge in [-0.15, -0.1) is 0 Å². The van der Waals surface area contributed by atoms with Crippen LogP contribution in [-0.4, -0.2) is 94.8 Å². The number of amides is 1. The van der Waals surface area contributed by atoms with Crippen LogP contribution in [0.4, 0.5) is 5.82 Å². The van der Waals surface area contributed by atoms with Gasteiger partial charge < -0.3 is 38.0 Å². The fraction of sp³-hybridized carbons (Fsp3) is 0.422. The van der Waals surface area contributed by atoms with Crippen LogP contribution in [0.1, 0.15) is 70.4 Å². The lowest BCUT2D eigenvalue weighted by molar-refractivity contribution is -0.114. The predicted octanol–water partition coefficient (Wildman–Crippen LogP) is 7.67. The number of rotatable bonds is 21. The second kappa shape index (κ2) is 21.5. The number of benzene rings is 3. The van der Waals surface area contributed by atoms with Crippen LogP contribution in [0.5, 0.6) is 11.5 Å². The molecule has 1 aliphatic heterocycles. The maximum absolute atomic E-state index is 12.1. The van der Waals surface area contributed by atoms with Crippen LogP contribution >= 0.6 is 8.53 Å². The molecule has 3 aromatic carbocycles. The number of nitrogens with zero attached hydrogens (tertiary/aromatic N) is 7. The van der Waals surface area contributed by atoms with E-state index in [9.17, 15) is 15.3 Å². The van der Waals surface area contributed by atoms with Crippen molar-refractivity contribution in [2.45, 2.75) is 89.7 Å². The second-order valence-corrected chi connectivity index (χ2v) is 16.4. The molecule has 6 rings (SSSR count). The van der Waals surface area contributed by atoms with Gasteiger partial charge in [0.1, 0.15) is 47.6 Å². The molecule has 1 unspecified atom stereocenters. The van der Waals surface area contributed by atoms with Crippen LogP contribution in [0.15, 0.2) is 91.4 Å². The highest BCUT2D eigenvalue weighted by Gasteiger charge is 2.52. The number of ether oxygens (including phenoxy) is 5. The van der Waals surface area contributed by atoms with E-state index in [4.69, 9.17) is 37.8 Å². The van der Waals surface area contributed by atoms with Crippen molar-refractivity contribution < 1.29 is 37.5 Å². The van der Waals surface area contributed by atoms with E-state index in [2.05, 4.69) is 59.8 Å². The fourth-order valence-electron chi connectivity index (χ4n) is 7.58. The predicted molar refractivity (Wildman–Crippen MR) is 232 cm³/mol. The minimum atomic E-state index is -1.83. The van der Waals surface area contributed by atoms with E-state index in [1.807, 2.05) is 78.9 Å². The molecule has 1 N–H and O–H groups in total. The molecule has 0 saturated carbocycles. The van der Waals surface area contributed by atoms with E-state index < -0.39 is 38.7 Å². The summed E-state index contributed by atoms with van der Waals surface area (Å²) in [7, 11) is 1.41. The van der Waals surface area contributed by atoms with Gasteiger partial charge in [0.15, 0.2) is 11.9 Å². The SMILES string of the molecule is COc1ccc(C(OC[C@H]2O[C@@H](n3ncc4c(NC(C)=O)ncnc43)[C@H](OCCC#N)[C@@H]2OP(OCCC#N)N(C(C)C)C(C)C)(c2ccccc2)c2ccc(OC)cc2)cc1. The summed E-state index contributed by atoms with van der Waals surface area (Å²) in [6.45, 7) is 9.76. The topological polar surface area (TPSA) is 188 Å². The summed E-state index contributed by atoms with van der Waals surface area (Å²) in [6.07, 6.45) is -0.459. The zero-order valence-electron chi connectivity index (χ0n) is 36.0. The van der Waals surface area contributed by atoms with E-state index in [1.54, 1.807) is 25.1 Å². The first-order chi connectivity index (χ1) is 30.1. The first-order valence-corrected chi connectivity index (χ1v) is 21.5. The zero-order chi connectivity index (χ0) is 44.2. The molecule has 0 aliphatic carbocycles. The van der Waals surface area contributed by atoms with Crippen molar-refractivity contribution in [3.63, 3.8) is 0 Å². The molecule has 2 aromatic heterocycles. The molecule has 326 valence electrons. The summed E-state index contributed by atoms with van der Waals surface area (Å²) in [4.78, 5) is 21.0. The standard InChI is InChI=1S/C45H53N8O8P/c1-30(2)53(31(3)4)62(59-26-12-24-47)61-40-39(60-44(41(40)57-25-11-23-46)52-43-38(27-50-52)42(48-29-49-43)51-32(5)54)28-58-45(33-13-9-8-10-14-33,34-15-19-36(55-6)20-16-34)35-17-21-37(56-7)22-18-35/h8-10,13-22,27,29-31,39-41,44H,11-12,25-26,28H2,1-7H3,(H,48,49,51,54)/t39-,40-,41-,44-,62?/m1/s1. The molecule has 17 heteroatoms. The molecule has 62 heavy (non-hydrogen) atoms. The highest BCUT2D eigenvalue weighted by atomic mass is 31.2. The molecule has 0 bridgehead atoms. The van der Waals surface area contributed by atoms with E-state index in [0.29, 0.717) is 22.5 Å². The van der Waals surface area contributed by atoms with E-state index in [1.165, 1.54) is 13.3 Å². The van der Waals surface area contributed by atoms with Crippen LogP contribution in [0, 0.1) is 22.7 Å². The van der Waals surface area contributed by atoms with Gasteiger partial charge in [-0.2, -0.15) is 15.6 Å². The Balaban J connectivity index is 1.52. The average molecular weight is 865 g/mol. The van der Waals surface area contributed by atoms with Crippen LogP contribution < -0.4 is 14.8 Å². The third kappa shape index (κ3) is 10.2. The maximum atomic E-state index is 12.1. The number of nitrogens with one attached hydrogen (secondary N) is 1. The van der Waals surface area contributed by atoms with Crippen molar-refractivity contribution in [3.8, 4) is 23.6 Å². The van der Waals surface area contributed by atoms with Gasteiger partial charge in [0.25, 0.3) is 8.53 Å². The molecule has 5 atom stereocenters. The van der Waals surface area contributed by atoms with Gasteiger partial charge in [0.2, 0.25) is 5.91 Å². The average Bonchev–Trinajstić information content (AvgIpc) is 3.86. The smallest absolute Gasteiger partial charge is 0.259 e. The number of methoxy groups -OCH3 is 2. The van der Waals surface area contributed by atoms with Crippen LogP contribution in [0.2, 0.25) is 0 Å². The quantitative estimate of drug-likeness (QED) is 0.0430. The molecule has 16 nitrogen and oxygen atoms in total. The number of carbonyl (C=O) groups is 1. The van der Waals surface area contributed by atoms with Crippen molar-refractivity contribution >= 4 is 31.3 Å². The Kier molecular flexibility index (Phi) is 15.9. The molecule has 0 radical (unpaired) electrons. The number of nitriles is 2. The van der Waals surface area contributed by atoms with Gasteiger partial charge in [0, 0.05) is 19.0 Å². The van der Waals surface area contributed by atoms with Crippen LogP contribution in [0.3, 0.4) is 0 Å². The minimum Gasteiger partial charge on any atom is -0.497 e. The second-order valence-electron chi connectivity index (χ2n) is 15.0. The Hall–Kier alpha value is -5.55. The Morgan fingerprint density at radius 3 is 2.03 bits per heavy atom. The van der Waals surface area contributed by atoms with Crippen LogP contribution in [-0.2, 0) is 33.7 Å². The molecule has 3 heterocycles. The Morgan fingerprint density at radius 2 is 1.47 bits per heavy atom. The minimum absolute atomic E-state index is 0.0104. The fourth-order valence-corrected chi connectivity index (χ4v) is 9.35. The normalized spacial score (nSPS) is 18.2. The molecule has 0 spiro atoms. The third-order valence-electron chi connectivity index (χ3n) is 10.2. The summed E-state index contributed by atoms with van der Waals surface area (Å²) in [6, 6.07) is 29.7. The van der Waals surface area contributed by atoms with Crippen molar-refractivity contribution in [1.29, 1.82) is 10.5 Å². The van der Waals surface area contributed by atoms with Gasteiger partial charge >= 0.3 is 0 Å². The summed E-state index contributed by atoms with van der Waals surface area (Å²) in [5.41, 5.74) is 1.64. The van der Waals surface area contributed by atoms with Crippen molar-refractivity contribution in [3.05, 3.63) is 108 Å². The number of anilines is 1. The van der Waals surface area contributed by atoms with Gasteiger partial charge in [0.05, 0.1) is 70.6 Å². The Labute approximate surface area is 363 Å². The van der Waals surface area contributed by atoms with Crippen molar-refractivity contribution in [2.75, 3.05) is 39.4 Å². The number of carbonyl (C=O) groups excluding carboxylic acids is 1. The molecule has 1 amide bonds. The van der Waals surface area contributed by atoms with Crippen molar-refractivity contribution in [2.24, 2.45) is 0 Å². The summed E-state index contributed by atoms with van der Waals surface area (Å²) in [5, 5.41) is 27.1. The lowest BCUT2D eigenvalue weighted by Crippen LogP contribution is -2.43. The molecule has 1 aliphatic rings. The van der Waals surface area contributed by atoms with Gasteiger partial charge in [-0.1, -0.05) is 54.6 Å². The first kappa shape index (κ1) is 46.0. The number of fused-ring (bicyclic) bond motifs is 1. The summed E-state index contributed by atoms with van der Waals surface area (Å²) in [5.74, 6) is 1.34. The first-order valence-electron chi connectivity index (χ1n) is 20.4. The summed E-state index contributed by atoms with van der Waals surface area (Å²) >= 11 is 0. The lowest BCUT2D eigenvalue weighted by atomic mass is 9.80. The van der Waals surface area contributed by atoms with Gasteiger partial charge in [-0.3, -0.25) is 4.79 Å². The lowest BCUT2D eigenvalue weighted by Gasteiger charge is -2.39. The number of aromatic nitrogens is 4. The van der Waals surface area contributed by atoms with Crippen LogP contribution in [0.25, 0.3) is 11.0 Å². The zero-order valence-corrected chi connectivity index (χ0v) is 36.9. The number of hydrogen-bond donors (Lipinski definition) is 1. The molecular formula is C45H53N8O8P. The van der Waals surface area contributed by atoms with Crippen molar-refractivity contribution in [1.82, 2.24) is 24.4 Å². The highest BCUT2D eigenvalue weighted by Crippen LogP contribution is 2.51. The van der Waals surface area contributed by atoms with E-state index >= 15 is 0 Å². The summed E-state index contributed by atoms with van der Waals surface area (Å²) < 4.78 is 49.4. The Bertz CT molecular complexity index is 2240. The Morgan fingerprint density at radius 1 is 0.871 bits per heavy atom. The van der Waals surface area contributed by atoms with Gasteiger partial charge in [-0.25, -0.2) is 19.3 Å². The largest absolute Gasteiger partial charge is 0.497 e. The molecular weight excluding hydrogens is 812 g/mol. The molecule has 1 fully saturated rings. The third-order valence-corrected chi connectivity index (χ3v) is 12.4. The maximum Gasteiger partial charge on any atom is 0.259 e. The van der Waals surface area contributed by atoms with Gasteiger partial charge in [-0.05, 0) is 68.7 Å². The number of hydrogen-bond acceptors (Lipinski definition) is 14.